The molecule has 2 aromatic rings. The summed E-state index contributed by atoms with van der Waals surface area (Å²) < 4.78 is 0. The standard InChI is InChI=1S/C18H23ClN2/c1-4-9-20-17(18-14(3)6-5-10-21-18)12-15-8-7-13(2)11-16(15)19/h5-8,10-11,17,20H,4,9,12H2,1-3H3. The van der Waals surface area contributed by atoms with Gasteiger partial charge in [0.15, 0.2) is 0 Å². The minimum atomic E-state index is 0.200. The first-order valence-electron chi connectivity index (χ1n) is 7.51. The summed E-state index contributed by atoms with van der Waals surface area (Å²) in [7, 11) is 0. The maximum Gasteiger partial charge on any atom is 0.0605 e. The summed E-state index contributed by atoms with van der Waals surface area (Å²) in [6, 6.07) is 10.6. The largest absolute Gasteiger partial charge is 0.308 e. The summed E-state index contributed by atoms with van der Waals surface area (Å²) in [6.45, 7) is 7.32. The lowest BCUT2D eigenvalue weighted by atomic mass is 9.99. The number of nitrogens with one attached hydrogen (secondary N) is 1. The van der Waals surface area contributed by atoms with Crippen LogP contribution in [-0.2, 0) is 6.42 Å². The first-order valence-corrected chi connectivity index (χ1v) is 7.89. The number of rotatable bonds is 6. The summed E-state index contributed by atoms with van der Waals surface area (Å²) in [5.41, 5.74) is 4.69. The molecule has 0 radical (unpaired) electrons. The SMILES string of the molecule is CCCNC(Cc1ccc(C)cc1Cl)c1ncccc1C. The van der Waals surface area contributed by atoms with Gasteiger partial charge in [-0.3, -0.25) is 4.98 Å². The van der Waals surface area contributed by atoms with Crippen LogP contribution in [0.5, 0.6) is 0 Å². The van der Waals surface area contributed by atoms with Crippen LogP contribution in [0.25, 0.3) is 0 Å². The fourth-order valence-corrected chi connectivity index (χ4v) is 2.80. The van der Waals surface area contributed by atoms with Crippen molar-refractivity contribution in [1.29, 1.82) is 0 Å². The van der Waals surface area contributed by atoms with Crippen molar-refractivity contribution in [3.05, 3.63) is 63.9 Å². The molecule has 1 unspecified atom stereocenters. The second-order valence-corrected chi connectivity index (χ2v) is 5.92. The molecule has 1 aromatic carbocycles. The lowest BCUT2D eigenvalue weighted by molar-refractivity contribution is 0.515. The number of benzene rings is 1. The van der Waals surface area contributed by atoms with Crippen LogP contribution < -0.4 is 5.32 Å². The van der Waals surface area contributed by atoms with Crippen LogP contribution >= 0.6 is 11.6 Å². The molecule has 2 rings (SSSR count). The highest BCUT2D eigenvalue weighted by Crippen LogP contribution is 2.25. The first-order chi connectivity index (χ1) is 10.1. The van der Waals surface area contributed by atoms with Gasteiger partial charge in [-0.2, -0.15) is 0 Å². The van der Waals surface area contributed by atoms with Crippen LogP contribution in [0.3, 0.4) is 0 Å². The van der Waals surface area contributed by atoms with Crippen LogP contribution in [0.4, 0.5) is 0 Å². The van der Waals surface area contributed by atoms with Crippen LogP contribution in [0, 0.1) is 13.8 Å². The van der Waals surface area contributed by atoms with Gasteiger partial charge in [0.25, 0.3) is 0 Å². The molecule has 21 heavy (non-hydrogen) atoms. The van der Waals surface area contributed by atoms with Gasteiger partial charge in [0.2, 0.25) is 0 Å². The Hall–Kier alpha value is -1.38. The van der Waals surface area contributed by atoms with Crippen molar-refractivity contribution in [2.75, 3.05) is 6.54 Å². The predicted octanol–water partition coefficient (Wildman–Crippen LogP) is 4.64. The molecule has 1 atom stereocenters. The Morgan fingerprint density at radius 3 is 2.71 bits per heavy atom. The van der Waals surface area contributed by atoms with Gasteiger partial charge in [0.1, 0.15) is 0 Å². The van der Waals surface area contributed by atoms with E-state index in [1.165, 1.54) is 16.7 Å². The number of aryl methyl sites for hydroxylation is 2. The Morgan fingerprint density at radius 2 is 2.05 bits per heavy atom. The van der Waals surface area contributed by atoms with Crippen LogP contribution in [0.15, 0.2) is 36.5 Å². The number of pyridine rings is 1. The summed E-state index contributed by atoms with van der Waals surface area (Å²) in [6.07, 6.45) is 3.82. The Bertz CT molecular complexity index is 596. The molecular weight excluding hydrogens is 280 g/mol. The molecule has 1 aromatic heterocycles. The Balaban J connectivity index is 2.26. The molecule has 0 bridgehead atoms. The average molecular weight is 303 g/mol. The zero-order valence-corrected chi connectivity index (χ0v) is 13.7. The van der Waals surface area contributed by atoms with E-state index in [-0.39, 0.29) is 6.04 Å². The van der Waals surface area contributed by atoms with Crippen LogP contribution in [0.1, 0.15) is 41.8 Å². The minimum absolute atomic E-state index is 0.200. The van der Waals surface area contributed by atoms with E-state index in [1.54, 1.807) is 0 Å². The van der Waals surface area contributed by atoms with Crippen LogP contribution in [0.2, 0.25) is 5.02 Å². The molecule has 0 aliphatic rings. The third-order valence-electron chi connectivity index (χ3n) is 3.65. The van der Waals surface area contributed by atoms with E-state index in [0.717, 1.165) is 30.1 Å². The fraction of sp³-hybridized carbons (Fsp3) is 0.389. The molecule has 0 fully saturated rings. The number of halogens is 1. The lowest BCUT2D eigenvalue weighted by Gasteiger charge is -2.20. The molecule has 3 heteroatoms. The molecule has 0 saturated carbocycles. The maximum absolute atomic E-state index is 6.39. The molecule has 112 valence electrons. The van der Waals surface area contributed by atoms with E-state index in [4.69, 9.17) is 11.6 Å². The van der Waals surface area contributed by atoms with Crippen LogP contribution in [-0.4, -0.2) is 11.5 Å². The van der Waals surface area contributed by atoms with E-state index >= 15 is 0 Å². The van der Waals surface area contributed by atoms with Gasteiger partial charge < -0.3 is 5.32 Å². The van der Waals surface area contributed by atoms with Gasteiger partial charge in [0, 0.05) is 11.2 Å². The van der Waals surface area contributed by atoms with E-state index < -0.39 is 0 Å². The Kier molecular flexibility index (Phi) is 5.77. The van der Waals surface area contributed by atoms with Gasteiger partial charge in [-0.1, -0.05) is 36.7 Å². The third kappa shape index (κ3) is 4.29. The normalized spacial score (nSPS) is 12.4. The predicted molar refractivity (Wildman–Crippen MR) is 89.9 cm³/mol. The van der Waals surface area contributed by atoms with E-state index in [1.807, 2.05) is 18.3 Å². The maximum atomic E-state index is 6.39. The van der Waals surface area contributed by atoms with Crippen molar-refractivity contribution >= 4 is 11.6 Å². The molecule has 0 aliphatic heterocycles. The molecule has 0 saturated heterocycles. The topological polar surface area (TPSA) is 24.9 Å². The fourth-order valence-electron chi connectivity index (χ4n) is 2.48. The van der Waals surface area contributed by atoms with Crippen molar-refractivity contribution in [2.45, 2.75) is 39.7 Å². The number of aromatic nitrogens is 1. The van der Waals surface area contributed by atoms with E-state index in [9.17, 15) is 0 Å². The summed E-state index contributed by atoms with van der Waals surface area (Å²) in [5.74, 6) is 0. The molecule has 1 N–H and O–H groups in total. The van der Waals surface area contributed by atoms with Gasteiger partial charge >= 0.3 is 0 Å². The van der Waals surface area contributed by atoms with Gasteiger partial charge in [-0.05, 0) is 62.1 Å². The molecule has 0 amide bonds. The molecule has 0 aliphatic carbocycles. The quantitative estimate of drug-likeness (QED) is 0.841. The summed E-state index contributed by atoms with van der Waals surface area (Å²) >= 11 is 6.39. The summed E-state index contributed by atoms with van der Waals surface area (Å²) in [4.78, 5) is 4.57. The zero-order valence-electron chi connectivity index (χ0n) is 13.0. The molecular formula is C18H23ClN2. The summed E-state index contributed by atoms with van der Waals surface area (Å²) in [5, 5.41) is 4.44. The van der Waals surface area contributed by atoms with E-state index in [0.29, 0.717) is 0 Å². The second kappa shape index (κ2) is 7.58. The Morgan fingerprint density at radius 1 is 1.24 bits per heavy atom. The molecule has 0 spiro atoms. The number of hydrogen-bond acceptors (Lipinski definition) is 2. The first kappa shape index (κ1) is 16.0. The van der Waals surface area contributed by atoms with Crippen molar-refractivity contribution < 1.29 is 0 Å². The van der Waals surface area contributed by atoms with Gasteiger partial charge in [0.05, 0.1) is 11.7 Å². The number of nitrogens with zero attached hydrogens (tertiary/aromatic N) is 1. The van der Waals surface area contributed by atoms with Crippen molar-refractivity contribution in [1.82, 2.24) is 10.3 Å². The average Bonchev–Trinajstić information content (AvgIpc) is 2.46. The highest BCUT2D eigenvalue weighted by molar-refractivity contribution is 6.31. The second-order valence-electron chi connectivity index (χ2n) is 5.51. The van der Waals surface area contributed by atoms with E-state index in [2.05, 4.69) is 49.3 Å². The van der Waals surface area contributed by atoms with Crippen molar-refractivity contribution in [2.24, 2.45) is 0 Å². The third-order valence-corrected chi connectivity index (χ3v) is 4.01. The van der Waals surface area contributed by atoms with Crippen molar-refractivity contribution in [3.8, 4) is 0 Å². The van der Waals surface area contributed by atoms with Gasteiger partial charge in [-0.15, -0.1) is 0 Å². The lowest BCUT2D eigenvalue weighted by Crippen LogP contribution is -2.25. The number of hydrogen-bond donors (Lipinski definition) is 1. The smallest absolute Gasteiger partial charge is 0.0605 e. The van der Waals surface area contributed by atoms with Gasteiger partial charge in [-0.25, -0.2) is 0 Å². The van der Waals surface area contributed by atoms with Crippen molar-refractivity contribution in [3.63, 3.8) is 0 Å². The molecule has 2 nitrogen and oxygen atoms in total. The minimum Gasteiger partial charge on any atom is -0.308 e. The molecule has 1 heterocycles. The highest BCUT2D eigenvalue weighted by Gasteiger charge is 2.16. The monoisotopic (exact) mass is 302 g/mol. The zero-order chi connectivity index (χ0) is 15.2. The Labute approximate surface area is 132 Å². The highest BCUT2D eigenvalue weighted by atomic mass is 35.5.